The van der Waals surface area contributed by atoms with Gasteiger partial charge in [-0.15, -0.1) is 0 Å². The van der Waals surface area contributed by atoms with E-state index in [-0.39, 0.29) is 11.7 Å². The largest absolute Gasteiger partial charge is 0.387 e. The highest BCUT2D eigenvalue weighted by Gasteiger charge is 2.05. The van der Waals surface area contributed by atoms with E-state index in [9.17, 15) is 4.39 Å². The van der Waals surface area contributed by atoms with Crippen LogP contribution in [0.3, 0.4) is 0 Å². The van der Waals surface area contributed by atoms with Gasteiger partial charge in [0.1, 0.15) is 11.5 Å². The highest BCUT2D eigenvalue weighted by Crippen LogP contribution is 2.20. The van der Waals surface area contributed by atoms with E-state index in [1.165, 1.54) is 0 Å². The summed E-state index contributed by atoms with van der Waals surface area (Å²) in [6.07, 6.45) is 0. The summed E-state index contributed by atoms with van der Waals surface area (Å²) < 4.78 is 13.5. The predicted octanol–water partition coefficient (Wildman–Crippen LogP) is 2.78. The van der Waals surface area contributed by atoms with Crippen molar-refractivity contribution in [2.75, 3.05) is 0 Å². The molecule has 0 aliphatic rings. The number of nitrogens with zero attached hydrogens (tertiary/aromatic N) is 1. The summed E-state index contributed by atoms with van der Waals surface area (Å²) in [7, 11) is 0. The van der Waals surface area contributed by atoms with Crippen LogP contribution in [-0.4, -0.2) is 5.84 Å². The first-order valence-electron chi connectivity index (χ1n) is 4.61. The molecule has 0 saturated heterocycles. The van der Waals surface area contributed by atoms with Crippen LogP contribution in [0.1, 0.15) is 19.4 Å². The maximum atomic E-state index is 13.5. The second kappa shape index (κ2) is 4.22. The predicted molar refractivity (Wildman–Crippen MR) is 57.3 cm³/mol. The summed E-state index contributed by atoms with van der Waals surface area (Å²) in [5, 5.41) is 0. The monoisotopic (exact) mass is 194 g/mol. The summed E-state index contributed by atoms with van der Waals surface area (Å²) >= 11 is 0. The molecular formula is C11H15FN2. The summed E-state index contributed by atoms with van der Waals surface area (Å²) in [5.74, 6) is 0.292. The van der Waals surface area contributed by atoms with E-state index in [4.69, 9.17) is 5.73 Å². The van der Waals surface area contributed by atoms with Gasteiger partial charge < -0.3 is 5.73 Å². The first kappa shape index (κ1) is 10.7. The molecule has 0 amide bonds. The maximum Gasteiger partial charge on any atom is 0.151 e. The summed E-state index contributed by atoms with van der Waals surface area (Å²) in [6.45, 7) is 5.55. The number of amidine groups is 1. The van der Waals surface area contributed by atoms with Gasteiger partial charge in [0.25, 0.3) is 0 Å². The maximum absolute atomic E-state index is 13.5. The van der Waals surface area contributed by atoms with Crippen LogP contribution in [0.2, 0.25) is 0 Å². The van der Waals surface area contributed by atoms with Crippen molar-refractivity contribution in [3.05, 3.63) is 29.6 Å². The molecule has 14 heavy (non-hydrogen) atoms. The molecule has 76 valence electrons. The van der Waals surface area contributed by atoms with E-state index in [1.807, 2.05) is 13.8 Å². The zero-order valence-corrected chi connectivity index (χ0v) is 8.71. The van der Waals surface area contributed by atoms with Crippen LogP contribution >= 0.6 is 0 Å². The summed E-state index contributed by atoms with van der Waals surface area (Å²) in [5.41, 5.74) is 6.55. The molecule has 0 bridgehead atoms. The van der Waals surface area contributed by atoms with Gasteiger partial charge in [0.2, 0.25) is 0 Å². The van der Waals surface area contributed by atoms with E-state index in [2.05, 4.69) is 4.99 Å². The number of nitrogens with two attached hydrogens (primary N) is 1. The lowest BCUT2D eigenvalue weighted by molar-refractivity contribution is 0.620. The number of aliphatic imine (C=N–C) groups is 1. The van der Waals surface area contributed by atoms with E-state index >= 15 is 0 Å². The molecule has 0 fully saturated rings. The molecule has 0 aromatic heterocycles. The van der Waals surface area contributed by atoms with Crippen molar-refractivity contribution in [3.63, 3.8) is 0 Å². The first-order valence-corrected chi connectivity index (χ1v) is 4.61. The van der Waals surface area contributed by atoms with Crippen LogP contribution in [-0.2, 0) is 0 Å². The van der Waals surface area contributed by atoms with Crippen LogP contribution in [0.15, 0.2) is 23.2 Å². The van der Waals surface area contributed by atoms with Gasteiger partial charge in [-0.3, -0.25) is 0 Å². The number of rotatable bonds is 2. The normalized spacial score (nSPS) is 12.2. The summed E-state index contributed by atoms with van der Waals surface area (Å²) in [4.78, 5) is 4.04. The Kier molecular flexibility index (Phi) is 3.23. The zero-order chi connectivity index (χ0) is 10.7. The fourth-order valence-electron chi connectivity index (χ4n) is 0.986. The molecule has 0 spiro atoms. The number of hydrogen-bond acceptors (Lipinski definition) is 1. The van der Waals surface area contributed by atoms with Gasteiger partial charge >= 0.3 is 0 Å². The lowest BCUT2D eigenvalue weighted by atomic mass is 10.2. The van der Waals surface area contributed by atoms with E-state index in [0.29, 0.717) is 17.1 Å². The Bertz CT molecular complexity index is 356. The Labute approximate surface area is 83.7 Å². The fourth-order valence-corrected chi connectivity index (χ4v) is 0.986. The minimum absolute atomic E-state index is 0.134. The van der Waals surface area contributed by atoms with Gasteiger partial charge in [-0.25, -0.2) is 9.38 Å². The topological polar surface area (TPSA) is 38.4 Å². The second-order valence-corrected chi connectivity index (χ2v) is 3.60. The van der Waals surface area contributed by atoms with Crippen molar-refractivity contribution < 1.29 is 4.39 Å². The Balaban J connectivity index is 3.09. The number of benzene rings is 1. The molecule has 1 aromatic carbocycles. The van der Waals surface area contributed by atoms with Crippen LogP contribution in [0.25, 0.3) is 0 Å². The Hall–Kier alpha value is -1.38. The highest BCUT2D eigenvalue weighted by molar-refractivity contribution is 5.84. The first-order chi connectivity index (χ1) is 6.52. The lowest BCUT2D eigenvalue weighted by Gasteiger charge is -2.05. The molecule has 0 heterocycles. The van der Waals surface area contributed by atoms with Gasteiger partial charge in [-0.1, -0.05) is 26.0 Å². The molecule has 3 heteroatoms. The standard InChI is InChI=1S/C11H15FN2/c1-7(2)11(13)14-9-6-4-5-8(3)10(9)12/h4-7H,1-3H3,(H2,13,14). The van der Waals surface area contributed by atoms with E-state index in [0.717, 1.165) is 0 Å². The molecule has 2 N–H and O–H groups in total. The Morgan fingerprint density at radius 2 is 2.07 bits per heavy atom. The molecule has 0 unspecified atom stereocenters. The minimum Gasteiger partial charge on any atom is -0.387 e. The van der Waals surface area contributed by atoms with Gasteiger partial charge in [0.15, 0.2) is 5.82 Å². The van der Waals surface area contributed by atoms with Gasteiger partial charge in [0, 0.05) is 5.92 Å². The number of hydrogen-bond donors (Lipinski definition) is 1. The van der Waals surface area contributed by atoms with Crippen LogP contribution in [0.4, 0.5) is 10.1 Å². The van der Waals surface area contributed by atoms with Crippen LogP contribution in [0, 0.1) is 18.7 Å². The Morgan fingerprint density at radius 1 is 1.43 bits per heavy atom. The van der Waals surface area contributed by atoms with Crippen molar-refractivity contribution in [1.82, 2.24) is 0 Å². The summed E-state index contributed by atoms with van der Waals surface area (Å²) in [6, 6.07) is 5.10. The van der Waals surface area contributed by atoms with E-state index in [1.54, 1.807) is 25.1 Å². The number of aryl methyl sites for hydroxylation is 1. The van der Waals surface area contributed by atoms with Gasteiger partial charge in [-0.2, -0.15) is 0 Å². The molecule has 2 nitrogen and oxygen atoms in total. The molecule has 0 saturated carbocycles. The average Bonchev–Trinajstić information content (AvgIpc) is 2.12. The van der Waals surface area contributed by atoms with Crippen molar-refractivity contribution in [1.29, 1.82) is 0 Å². The van der Waals surface area contributed by atoms with E-state index < -0.39 is 0 Å². The van der Waals surface area contributed by atoms with Crippen LogP contribution in [0.5, 0.6) is 0 Å². The molecule has 0 aliphatic carbocycles. The fraction of sp³-hybridized carbons (Fsp3) is 0.364. The van der Waals surface area contributed by atoms with Crippen molar-refractivity contribution >= 4 is 11.5 Å². The molecular weight excluding hydrogens is 179 g/mol. The van der Waals surface area contributed by atoms with Crippen molar-refractivity contribution in [2.45, 2.75) is 20.8 Å². The highest BCUT2D eigenvalue weighted by atomic mass is 19.1. The third-order valence-electron chi connectivity index (χ3n) is 2.01. The molecule has 0 atom stereocenters. The smallest absolute Gasteiger partial charge is 0.151 e. The quantitative estimate of drug-likeness (QED) is 0.570. The number of halogens is 1. The Morgan fingerprint density at radius 3 is 2.64 bits per heavy atom. The third kappa shape index (κ3) is 2.31. The second-order valence-electron chi connectivity index (χ2n) is 3.60. The molecule has 0 radical (unpaired) electrons. The SMILES string of the molecule is Cc1cccc(N=C(N)C(C)C)c1F. The minimum atomic E-state index is -0.295. The third-order valence-corrected chi connectivity index (χ3v) is 2.01. The van der Waals surface area contributed by atoms with Gasteiger partial charge in [-0.05, 0) is 18.6 Å². The van der Waals surface area contributed by atoms with Crippen molar-refractivity contribution in [3.8, 4) is 0 Å². The molecule has 1 rings (SSSR count). The van der Waals surface area contributed by atoms with Gasteiger partial charge in [0.05, 0.1) is 0 Å². The molecule has 1 aromatic rings. The average molecular weight is 194 g/mol. The van der Waals surface area contributed by atoms with Crippen molar-refractivity contribution in [2.24, 2.45) is 16.6 Å². The lowest BCUT2D eigenvalue weighted by Crippen LogP contribution is -2.18. The van der Waals surface area contributed by atoms with Crippen LogP contribution < -0.4 is 5.73 Å². The molecule has 0 aliphatic heterocycles. The zero-order valence-electron chi connectivity index (χ0n) is 8.71.